The van der Waals surface area contributed by atoms with Crippen LogP contribution in [-0.4, -0.2) is 13.5 Å². The molecule has 0 amide bonds. The van der Waals surface area contributed by atoms with Crippen LogP contribution >= 0.6 is 0 Å². The maximum Gasteiger partial charge on any atom is 0.339 e. The minimum absolute atomic E-state index is 0.0202. The van der Waals surface area contributed by atoms with Crippen molar-refractivity contribution in [2.24, 2.45) is 0 Å². The molecule has 3 aromatic carbocycles. The summed E-state index contributed by atoms with van der Waals surface area (Å²) in [4.78, 5) is 0.124. The fourth-order valence-corrected chi connectivity index (χ4v) is 4.28. The Bertz CT molecular complexity index is 1140. The lowest BCUT2D eigenvalue weighted by molar-refractivity contribution is 0.476. The molecular formula is C25H29NO4S. The summed E-state index contributed by atoms with van der Waals surface area (Å²) in [6.07, 6.45) is 0. The van der Waals surface area contributed by atoms with E-state index in [1.807, 2.05) is 52.8 Å². The van der Waals surface area contributed by atoms with E-state index >= 15 is 0 Å². The van der Waals surface area contributed by atoms with E-state index in [0.29, 0.717) is 11.4 Å². The van der Waals surface area contributed by atoms with Crippen molar-refractivity contribution in [3.05, 3.63) is 77.4 Å². The van der Waals surface area contributed by atoms with E-state index in [1.54, 1.807) is 42.5 Å². The van der Waals surface area contributed by atoms with Crippen LogP contribution in [0.3, 0.4) is 0 Å². The smallest absolute Gasteiger partial charge is 0.339 e. The van der Waals surface area contributed by atoms with Gasteiger partial charge in [-0.05, 0) is 55.2 Å². The second-order valence-electron chi connectivity index (χ2n) is 8.29. The normalized spacial score (nSPS) is 11.7. The molecule has 0 fully saturated rings. The summed E-state index contributed by atoms with van der Waals surface area (Å²) in [5.74, 6) is 0.550. The van der Waals surface area contributed by atoms with E-state index in [2.05, 4.69) is 5.32 Å². The zero-order valence-corrected chi connectivity index (χ0v) is 19.3. The standard InChI is InChI=1S/C25H29NO4S/c1-16(2)21-14-19(26-23-8-6-7-9-24(23)27)15-22(17(3)4)25(21)30-31(28,29)20-12-10-18(5)11-13-20/h6-17,26-27H,1-5H3. The Morgan fingerprint density at radius 2 is 1.42 bits per heavy atom. The summed E-state index contributed by atoms with van der Waals surface area (Å²) >= 11 is 0. The van der Waals surface area contributed by atoms with Crippen molar-refractivity contribution in [2.75, 3.05) is 5.32 Å². The van der Waals surface area contributed by atoms with Gasteiger partial charge in [-0.25, -0.2) is 0 Å². The predicted octanol–water partition coefficient (Wildman–Crippen LogP) is 6.46. The van der Waals surface area contributed by atoms with E-state index in [9.17, 15) is 13.5 Å². The van der Waals surface area contributed by atoms with Gasteiger partial charge in [0.05, 0.1) is 5.69 Å². The molecule has 31 heavy (non-hydrogen) atoms. The molecule has 0 unspecified atom stereocenters. The van der Waals surface area contributed by atoms with Crippen molar-refractivity contribution in [3.63, 3.8) is 0 Å². The van der Waals surface area contributed by atoms with Gasteiger partial charge in [-0.15, -0.1) is 0 Å². The summed E-state index contributed by atoms with van der Waals surface area (Å²) in [5, 5.41) is 13.4. The minimum atomic E-state index is -3.98. The molecule has 0 aliphatic rings. The number of phenols is 1. The Labute approximate surface area is 184 Å². The van der Waals surface area contributed by atoms with Crippen LogP contribution in [0, 0.1) is 6.92 Å². The Kier molecular flexibility index (Phi) is 6.60. The molecule has 0 aliphatic carbocycles. The topological polar surface area (TPSA) is 75.6 Å². The number of nitrogens with one attached hydrogen (secondary N) is 1. The van der Waals surface area contributed by atoms with E-state index < -0.39 is 10.1 Å². The molecule has 0 atom stereocenters. The molecule has 0 bridgehead atoms. The highest BCUT2D eigenvalue weighted by molar-refractivity contribution is 7.87. The van der Waals surface area contributed by atoms with Crippen LogP contribution in [0.15, 0.2) is 65.6 Å². The third-order valence-corrected chi connectivity index (χ3v) is 6.31. The number of hydrogen-bond donors (Lipinski definition) is 2. The van der Waals surface area contributed by atoms with Crippen molar-refractivity contribution in [3.8, 4) is 11.5 Å². The van der Waals surface area contributed by atoms with Gasteiger partial charge in [0.1, 0.15) is 16.4 Å². The number of phenolic OH excluding ortho intramolecular Hbond substituents is 1. The number of anilines is 2. The van der Waals surface area contributed by atoms with E-state index in [0.717, 1.165) is 22.4 Å². The molecule has 0 saturated carbocycles. The molecule has 164 valence electrons. The van der Waals surface area contributed by atoms with Gasteiger partial charge in [-0.3, -0.25) is 0 Å². The van der Waals surface area contributed by atoms with Crippen LogP contribution in [0.2, 0.25) is 0 Å². The van der Waals surface area contributed by atoms with Crippen LogP contribution in [0.5, 0.6) is 11.5 Å². The number of hydrogen-bond acceptors (Lipinski definition) is 5. The fourth-order valence-electron chi connectivity index (χ4n) is 3.30. The van der Waals surface area contributed by atoms with E-state index in [-0.39, 0.29) is 22.5 Å². The summed E-state index contributed by atoms with van der Waals surface area (Å²) in [6.45, 7) is 9.88. The van der Waals surface area contributed by atoms with E-state index in [1.165, 1.54) is 0 Å². The zero-order valence-electron chi connectivity index (χ0n) is 18.5. The Hall–Kier alpha value is -2.99. The zero-order chi connectivity index (χ0) is 22.8. The molecule has 6 heteroatoms. The molecule has 0 aromatic heterocycles. The monoisotopic (exact) mass is 439 g/mol. The van der Waals surface area contributed by atoms with Gasteiger partial charge in [0.15, 0.2) is 0 Å². The maximum atomic E-state index is 13.0. The van der Waals surface area contributed by atoms with Crippen LogP contribution < -0.4 is 9.50 Å². The highest BCUT2D eigenvalue weighted by Crippen LogP contribution is 2.40. The van der Waals surface area contributed by atoms with Crippen LogP contribution in [0.25, 0.3) is 0 Å². The first-order chi connectivity index (χ1) is 14.6. The highest BCUT2D eigenvalue weighted by atomic mass is 32.2. The number of aromatic hydroxyl groups is 1. The Morgan fingerprint density at radius 1 is 0.871 bits per heavy atom. The van der Waals surface area contributed by atoms with Crippen LogP contribution in [0.4, 0.5) is 11.4 Å². The van der Waals surface area contributed by atoms with Gasteiger partial charge in [0.2, 0.25) is 0 Å². The summed E-state index contributed by atoms with van der Waals surface area (Å²) in [7, 11) is -3.98. The quantitative estimate of drug-likeness (QED) is 0.326. The number of para-hydroxylation sites is 2. The summed E-state index contributed by atoms with van der Waals surface area (Å²) < 4.78 is 31.8. The predicted molar refractivity (Wildman–Crippen MR) is 125 cm³/mol. The second-order valence-corrected chi connectivity index (χ2v) is 9.83. The Morgan fingerprint density at radius 3 is 1.94 bits per heavy atom. The first kappa shape index (κ1) is 22.7. The second kappa shape index (κ2) is 9.02. The van der Waals surface area contributed by atoms with Gasteiger partial charge < -0.3 is 14.6 Å². The number of rotatable bonds is 7. The average molecular weight is 440 g/mol. The molecule has 0 saturated heterocycles. The molecule has 3 rings (SSSR count). The molecule has 2 N–H and O–H groups in total. The third-order valence-electron chi connectivity index (χ3n) is 5.08. The molecule has 5 nitrogen and oxygen atoms in total. The molecule has 3 aromatic rings. The minimum Gasteiger partial charge on any atom is -0.506 e. The fraction of sp³-hybridized carbons (Fsp3) is 0.280. The van der Waals surface area contributed by atoms with Crippen molar-refractivity contribution >= 4 is 21.5 Å². The summed E-state index contributed by atoms with van der Waals surface area (Å²) in [5.41, 5.74) is 3.87. The van der Waals surface area contributed by atoms with Crippen LogP contribution in [-0.2, 0) is 10.1 Å². The van der Waals surface area contributed by atoms with Gasteiger partial charge in [-0.2, -0.15) is 8.42 Å². The van der Waals surface area contributed by atoms with Crippen molar-refractivity contribution in [2.45, 2.75) is 51.3 Å². The van der Waals surface area contributed by atoms with Gasteiger partial charge in [0.25, 0.3) is 0 Å². The summed E-state index contributed by atoms with van der Waals surface area (Å²) in [6, 6.07) is 17.4. The molecule has 0 heterocycles. The SMILES string of the molecule is Cc1ccc(S(=O)(=O)Oc2c(C(C)C)cc(Nc3ccccc3O)cc2C(C)C)cc1. The molecule has 0 spiro atoms. The number of aryl methyl sites for hydroxylation is 1. The Balaban J connectivity index is 2.08. The van der Waals surface area contributed by atoms with Crippen molar-refractivity contribution in [1.82, 2.24) is 0 Å². The largest absolute Gasteiger partial charge is 0.506 e. The lowest BCUT2D eigenvalue weighted by Crippen LogP contribution is -2.14. The van der Waals surface area contributed by atoms with E-state index in [4.69, 9.17) is 4.18 Å². The highest BCUT2D eigenvalue weighted by Gasteiger charge is 2.24. The molecule has 0 aliphatic heterocycles. The lowest BCUT2D eigenvalue weighted by atomic mass is 9.93. The van der Waals surface area contributed by atoms with Crippen molar-refractivity contribution < 1.29 is 17.7 Å². The maximum absolute atomic E-state index is 13.0. The number of benzene rings is 3. The first-order valence-corrected chi connectivity index (χ1v) is 11.7. The average Bonchev–Trinajstić information content (AvgIpc) is 2.70. The lowest BCUT2D eigenvalue weighted by Gasteiger charge is -2.22. The van der Waals surface area contributed by atoms with Crippen molar-refractivity contribution in [1.29, 1.82) is 0 Å². The third kappa shape index (κ3) is 5.20. The van der Waals surface area contributed by atoms with Crippen LogP contribution in [0.1, 0.15) is 56.2 Å². The molecule has 0 radical (unpaired) electrons. The van der Waals surface area contributed by atoms with Gasteiger partial charge >= 0.3 is 10.1 Å². The molecular weight excluding hydrogens is 410 g/mol. The van der Waals surface area contributed by atoms with Gasteiger partial charge in [0, 0.05) is 16.8 Å². The first-order valence-electron chi connectivity index (χ1n) is 10.3. The van der Waals surface area contributed by atoms with Gasteiger partial charge in [-0.1, -0.05) is 57.5 Å².